The molecule has 0 bridgehead atoms. The fourth-order valence-electron chi connectivity index (χ4n) is 6.09. The highest BCUT2D eigenvalue weighted by Gasteiger charge is 2.22. The lowest BCUT2D eigenvalue weighted by Crippen LogP contribution is -2.10. The van der Waals surface area contributed by atoms with Gasteiger partial charge >= 0.3 is 0 Å². The molecule has 2 N–H and O–H groups in total. The van der Waals surface area contributed by atoms with Crippen LogP contribution >= 0.6 is 11.6 Å². The van der Waals surface area contributed by atoms with E-state index in [0.717, 1.165) is 51.3 Å². The molecule has 8 aromatic rings. The van der Waals surface area contributed by atoms with Gasteiger partial charge in [0.15, 0.2) is 11.6 Å². The molecule has 0 radical (unpaired) electrons. The minimum absolute atomic E-state index is 0.470. The second kappa shape index (κ2) is 12.4. The van der Waals surface area contributed by atoms with Crippen molar-refractivity contribution in [3.8, 4) is 44.8 Å². The van der Waals surface area contributed by atoms with Crippen LogP contribution in [0.3, 0.4) is 0 Å². The molecule has 9 heteroatoms. The molecule has 4 aromatic carbocycles. The van der Waals surface area contributed by atoms with Crippen LogP contribution in [0.2, 0.25) is 5.02 Å². The first kappa shape index (κ1) is 30.7. The average molecular weight is 669 g/mol. The number of aliphatic hydroxyl groups is 2. The highest BCUT2D eigenvalue weighted by molar-refractivity contribution is 6.33. The summed E-state index contributed by atoms with van der Waals surface area (Å²) in [5.41, 5.74) is 8.62. The minimum Gasteiger partial charge on any atom is -0.385 e. The van der Waals surface area contributed by atoms with Crippen molar-refractivity contribution in [2.75, 3.05) is 0 Å². The van der Waals surface area contributed by atoms with Gasteiger partial charge in [0, 0.05) is 35.9 Å². The maximum atomic E-state index is 13.8. The van der Waals surface area contributed by atoms with Gasteiger partial charge in [0.05, 0.1) is 16.4 Å². The summed E-state index contributed by atoms with van der Waals surface area (Å²) < 4.78 is 31.0. The second-order valence-corrected chi connectivity index (χ2v) is 12.3. The molecule has 0 fully saturated rings. The maximum Gasteiger partial charge on any atom is 0.159 e. The molecule has 0 aliphatic heterocycles. The number of rotatable bonds is 7. The third-order valence-electron chi connectivity index (χ3n) is 8.69. The van der Waals surface area contributed by atoms with E-state index < -0.39 is 23.8 Å². The van der Waals surface area contributed by atoms with Crippen molar-refractivity contribution < 1.29 is 19.0 Å². The minimum atomic E-state index is -1.19. The fraction of sp³-hybridized carbons (Fsp3) is 0.0500. The summed E-state index contributed by atoms with van der Waals surface area (Å²) in [6.45, 7) is 0. The molecule has 0 saturated heterocycles. The lowest BCUT2D eigenvalue weighted by atomic mass is 9.94. The summed E-state index contributed by atoms with van der Waals surface area (Å²) in [5.74, 6) is -1.84. The molecule has 2 unspecified atom stereocenters. The molecule has 6 nitrogen and oxygen atoms in total. The molecule has 0 aliphatic rings. The van der Waals surface area contributed by atoms with E-state index in [9.17, 15) is 19.0 Å². The van der Waals surface area contributed by atoms with Gasteiger partial charge in [-0.1, -0.05) is 66.2 Å². The molecule has 4 aromatic heterocycles. The summed E-state index contributed by atoms with van der Waals surface area (Å²) in [6, 6.07) is 33.8. The zero-order valence-electron chi connectivity index (χ0n) is 25.8. The SMILES string of the molecule is OC(c1cccc(-c2ccc3nc(-c4ccc(F)c(F)c4)cn3c2)c1)C(O)c1cccc(-c2ccc3nc(-c4ccccc4Cl)cn3c2)c1. The Bertz CT molecular complexity index is 2510. The van der Waals surface area contributed by atoms with E-state index in [1.165, 1.54) is 6.07 Å². The van der Waals surface area contributed by atoms with Gasteiger partial charge in [-0.3, -0.25) is 0 Å². The molecular formula is C40H27ClF2N4O2. The molecule has 8 rings (SSSR count). The zero-order valence-corrected chi connectivity index (χ0v) is 26.5. The summed E-state index contributed by atoms with van der Waals surface area (Å²) in [5, 5.41) is 23.3. The van der Waals surface area contributed by atoms with Crippen molar-refractivity contribution in [2.24, 2.45) is 0 Å². The molecular weight excluding hydrogens is 642 g/mol. The van der Waals surface area contributed by atoms with Gasteiger partial charge < -0.3 is 19.0 Å². The van der Waals surface area contributed by atoms with E-state index >= 15 is 0 Å². The molecule has 2 atom stereocenters. The third kappa shape index (κ3) is 5.87. The number of imidazole rings is 2. The van der Waals surface area contributed by atoms with Crippen molar-refractivity contribution in [2.45, 2.75) is 12.2 Å². The first-order valence-electron chi connectivity index (χ1n) is 15.6. The number of hydrogen-bond acceptors (Lipinski definition) is 4. The van der Waals surface area contributed by atoms with Gasteiger partial charge in [-0.2, -0.15) is 0 Å². The second-order valence-electron chi connectivity index (χ2n) is 11.9. The van der Waals surface area contributed by atoms with Crippen molar-refractivity contribution in [3.63, 3.8) is 0 Å². The first-order chi connectivity index (χ1) is 23.8. The van der Waals surface area contributed by atoms with Gasteiger partial charge in [0.1, 0.15) is 23.5 Å². The summed E-state index contributed by atoms with van der Waals surface area (Å²) in [6.07, 6.45) is 5.17. The van der Waals surface area contributed by atoms with Crippen LogP contribution in [0.5, 0.6) is 0 Å². The number of pyridine rings is 2. The standard InChI is InChI=1S/C40H27ClF2N4O2/c41-32-10-2-1-9-31(32)36-23-47-21-30(13-16-38(47)45-36)25-6-4-8-28(18-25)40(49)39(48)27-7-3-5-24(17-27)29-12-15-37-44-35(22-46(37)20-29)26-11-14-33(42)34(43)19-26/h1-23,39-40,48-49H. The lowest BCUT2D eigenvalue weighted by molar-refractivity contribution is 0.0173. The highest BCUT2D eigenvalue weighted by atomic mass is 35.5. The monoisotopic (exact) mass is 668 g/mol. The summed E-state index contributed by atoms with van der Waals surface area (Å²) in [4.78, 5) is 9.26. The predicted molar refractivity (Wildman–Crippen MR) is 187 cm³/mol. The van der Waals surface area contributed by atoms with Gasteiger partial charge in [-0.15, -0.1) is 0 Å². The average Bonchev–Trinajstić information content (AvgIpc) is 3.76. The van der Waals surface area contributed by atoms with Gasteiger partial charge in [0.25, 0.3) is 0 Å². The summed E-state index contributed by atoms with van der Waals surface area (Å²) >= 11 is 6.40. The lowest BCUT2D eigenvalue weighted by Gasteiger charge is -2.20. The van der Waals surface area contributed by atoms with Crippen LogP contribution in [0.4, 0.5) is 8.78 Å². The number of aromatic nitrogens is 4. The largest absolute Gasteiger partial charge is 0.385 e. The van der Waals surface area contributed by atoms with Crippen molar-refractivity contribution in [1.82, 2.24) is 18.8 Å². The van der Waals surface area contributed by atoms with Gasteiger partial charge in [0.2, 0.25) is 0 Å². The Labute approximate surface area is 284 Å². The van der Waals surface area contributed by atoms with Crippen LogP contribution in [-0.2, 0) is 0 Å². The zero-order chi connectivity index (χ0) is 33.6. The molecule has 0 aliphatic carbocycles. The van der Waals surface area contributed by atoms with E-state index in [2.05, 4.69) is 4.98 Å². The van der Waals surface area contributed by atoms with Crippen LogP contribution < -0.4 is 0 Å². The van der Waals surface area contributed by atoms with Crippen LogP contribution in [0.15, 0.2) is 140 Å². The number of nitrogens with zero attached hydrogens (tertiary/aromatic N) is 4. The number of fused-ring (bicyclic) bond motifs is 2. The van der Waals surface area contributed by atoms with Crippen LogP contribution in [0.25, 0.3) is 56.1 Å². The van der Waals surface area contributed by atoms with Crippen LogP contribution in [0, 0.1) is 11.6 Å². The number of hydrogen-bond donors (Lipinski definition) is 2. The van der Waals surface area contributed by atoms with Crippen LogP contribution in [0.1, 0.15) is 23.3 Å². The fourth-order valence-corrected chi connectivity index (χ4v) is 6.32. The highest BCUT2D eigenvalue weighted by Crippen LogP contribution is 2.34. The first-order valence-corrected chi connectivity index (χ1v) is 15.9. The molecule has 0 saturated carbocycles. The molecule has 4 heterocycles. The normalized spacial score (nSPS) is 12.8. The Balaban J connectivity index is 1.04. The van der Waals surface area contributed by atoms with Gasteiger partial charge in [-0.05, 0) is 94.0 Å². The van der Waals surface area contributed by atoms with E-state index in [1.54, 1.807) is 18.3 Å². The van der Waals surface area contributed by atoms with E-state index in [-0.39, 0.29) is 0 Å². The van der Waals surface area contributed by atoms with Gasteiger partial charge in [-0.25, -0.2) is 18.7 Å². The Kier molecular flexibility index (Phi) is 7.76. The Morgan fingerprint density at radius 3 is 1.65 bits per heavy atom. The molecule has 240 valence electrons. The predicted octanol–water partition coefficient (Wildman–Crippen LogP) is 9.35. The van der Waals surface area contributed by atoms with Crippen molar-refractivity contribution in [3.05, 3.63) is 168 Å². The van der Waals surface area contributed by atoms with E-state index in [0.29, 0.717) is 33.1 Å². The van der Waals surface area contributed by atoms with Crippen molar-refractivity contribution >= 4 is 22.9 Å². The smallest absolute Gasteiger partial charge is 0.159 e. The third-order valence-corrected chi connectivity index (χ3v) is 9.02. The Hall–Kier alpha value is -5.67. The Morgan fingerprint density at radius 2 is 1.06 bits per heavy atom. The van der Waals surface area contributed by atoms with Crippen LogP contribution in [-0.4, -0.2) is 29.0 Å². The maximum absolute atomic E-state index is 13.8. The van der Waals surface area contributed by atoms with E-state index in [4.69, 9.17) is 16.6 Å². The summed E-state index contributed by atoms with van der Waals surface area (Å²) in [7, 11) is 0. The van der Waals surface area contributed by atoms with E-state index in [1.807, 2.05) is 112 Å². The van der Waals surface area contributed by atoms with Crippen molar-refractivity contribution in [1.29, 1.82) is 0 Å². The Morgan fingerprint density at radius 1 is 0.510 bits per heavy atom. The topological polar surface area (TPSA) is 75.1 Å². The number of benzene rings is 4. The number of aliphatic hydroxyl groups excluding tert-OH is 2. The molecule has 49 heavy (non-hydrogen) atoms. The molecule has 0 spiro atoms. The quantitative estimate of drug-likeness (QED) is 0.178. The molecule has 0 amide bonds. The number of halogens is 3.